The van der Waals surface area contributed by atoms with Crippen LogP contribution < -0.4 is 0 Å². The fourth-order valence-corrected chi connectivity index (χ4v) is 8.18. The monoisotopic (exact) mass is 482 g/mol. The number of rotatable bonds is 3. The van der Waals surface area contributed by atoms with E-state index in [0.717, 1.165) is 38.5 Å². The maximum Gasteiger partial charge on any atom is 0.0425 e. The lowest BCUT2D eigenvalue weighted by Gasteiger charge is -2.62. The highest BCUT2D eigenvalue weighted by molar-refractivity contribution is 5.09. The van der Waals surface area contributed by atoms with E-state index in [1.807, 2.05) is 0 Å². The van der Waals surface area contributed by atoms with Gasteiger partial charge in [-0.3, -0.25) is 4.90 Å². The van der Waals surface area contributed by atoms with E-state index >= 15 is 0 Å². The maximum absolute atomic E-state index is 11.0. The van der Waals surface area contributed by atoms with Crippen molar-refractivity contribution in [3.8, 4) is 0 Å². The van der Waals surface area contributed by atoms with Gasteiger partial charge in [-0.25, -0.2) is 0 Å². The van der Waals surface area contributed by atoms with Crippen molar-refractivity contribution >= 4 is 0 Å². The predicted octanol–water partition coefficient (Wildman–Crippen LogP) is 5.52. The molecule has 0 aromatic carbocycles. The van der Waals surface area contributed by atoms with Gasteiger partial charge >= 0.3 is 0 Å². The Morgan fingerprint density at radius 3 is 0.706 bits per heavy atom. The van der Waals surface area contributed by atoms with Crippen LogP contribution in [-0.4, -0.2) is 87.1 Å². The molecule has 0 aromatic rings. The lowest BCUT2D eigenvalue weighted by Crippen LogP contribution is -2.71. The average Bonchev–Trinajstić information content (AvgIpc) is 2.61. The minimum atomic E-state index is -0.337. The van der Waals surface area contributed by atoms with Crippen molar-refractivity contribution in [3.05, 3.63) is 0 Å². The zero-order valence-corrected chi connectivity index (χ0v) is 24.1. The van der Waals surface area contributed by atoms with Crippen LogP contribution in [0.5, 0.6) is 0 Å². The molecule has 3 heterocycles. The molecule has 3 saturated heterocycles. The van der Waals surface area contributed by atoms with Gasteiger partial charge in [-0.2, -0.15) is 15.2 Å². The van der Waals surface area contributed by atoms with Gasteiger partial charge in [0.2, 0.25) is 0 Å². The molecule has 7 heteroatoms. The first-order valence-corrected chi connectivity index (χ1v) is 13.3. The fourth-order valence-electron chi connectivity index (χ4n) is 8.18. The van der Waals surface area contributed by atoms with Gasteiger partial charge in [0.25, 0.3) is 0 Å². The topological polar surface area (TPSA) is 73.7 Å². The summed E-state index contributed by atoms with van der Waals surface area (Å²) < 4.78 is 0. The smallest absolute Gasteiger partial charge is 0.0425 e. The highest BCUT2D eigenvalue weighted by Crippen LogP contribution is 2.48. The molecule has 0 unspecified atom stereocenters. The van der Waals surface area contributed by atoms with E-state index < -0.39 is 0 Å². The molecule has 0 atom stereocenters. The molecule has 0 radical (unpaired) electrons. The van der Waals surface area contributed by atoms with Gasteiger partial charge in [0, 0.05) is 51.4 Å². The zero-order chi connectivity index (χ0) is 26.3. The summed E-state index contributed by atoms with van der Waals surface area (Å²) in [7, 11) is 0. The second kappa shape index (κ2) is 8.37. The summed E-state index contributed by atoms with van der Waals surface area (Å²) in [5.74, 6) is 0. The molecule has 0 aliphatic carbocycles. The molecular weight excluding hydrogens is 428 g/mol. The van der Waals surface area contributed by atoms with E-state index in [4.69, 9.17) is 0 Å². The Labute approximate surface area is 208 Å². The SMILES string of the molecule is CC1(C)CC(N(C2CC(C)(C)N(O)C(C)(C)C2)C2CC(C)(C)N(O)C(C)(C)C2)CC(C)(C)N1O. The third-order valence-electron chi connectivity index (χ3n) is 9.12. The molecule has 3 aliphatic heterocycles. The summed E-state index contributed by atoms with van der Waals surface area (Å²) in [5.41, 5.74) is -2.02. The minimum Gasteiger partial charge on any atom is -0.313 e. The van der Waals surface area contributed by atoms with Gasteiger partial charge in [0.15, 0.2) is 0 Å². The number of hydrogen-bond acceptors (Lipinski definition) is 7. The van der Waals surface area contributed by atoms with Gasteiger partial charge in [0.05, 0.1) is 0 Å². The third-order valence-corrected chi connectivity index (χ3v) is 9.12. The van der Waals surface area contributed by atoms with Crippen molar-refractivity contribution < 1.29 is 15.6 Å². The van der Waals surface area contributed by atoms with Gasteiger partial charge < -0.3 is 15.6 Å². The minimum absolute atomic E-state index is 0.303. The van der Waals surface area contributed by atoms with Crippen LogP contribution in [0.2, 0.25) is 0 Å². The predicted molar refractivity (Wildman–Crippen MR) is 136 cm³/mol. The summed E-state index contributed by atoms with van der Waals surface area (Å²) in [4.78, 5) is 2.78. The maximum atomic E-state index is 11.0. The van der Waals surface area contributed by atoms with Crippen LogP contribution in [0.25, 0.3) is 0 Å². The molecule has 200 valence electrons. The van der Waals surface area contributed by atoms with Crippen LogP contribution in [-0.2, 0) is 0 Å². The first-order valence-electron chi connectivity index (χ1n) is 13.3. The summed E-state index contributed by atoms with van der Waals surface area (Å²) in [6, 6.07) is 0.909. The normalized spacial score (nSPS) is 32.8. The molecule has 0 aromatic heterocycles. The first kappa shape index (κ1) is 28.3. The second-order valence-corrected chi connectivity index (χ2v) is 15.4. The molecular formula is C27H54N4O3. The van der Waals surface area contributed by atoms with E-state index in [-0.39, 0.29) is 33.2 Å². The molecule has 0 amide bonds. The van der Waals surface area contributed by atoms with Crippen molar-refractivity contribution in [2.45, 2.75) is 173 Å². The molecule has 3 rings (SSSR count). The van der Waals surface area contributed by atoms with Crippen molar-refractivity contribution in [2.24, 2.45) is 0 Å². The molecule has 3 fully saturated rings. The molecule has 0 bridgehead atoms. The fraction of sp³-hybridized carbons (Fsp3) is 1.00. The van der Waals surface area contributed by atoms with Gasteiger partial charge in [-0.1, -0.05) is 0 Å². The van der Waals surface area contributed by atoms with Crippen molar-refractivity contribution in [1.82, 2.24) is 20.1 Å². The largest absolute Gasteiger partial charge is 0.313 e. The van der Waals surface area contributed by atoms with Crippen LogP contribution in [0.4, 0.5) is 0 Å². The van der Waals surface area contributed by atoms with E-state index in [9.17, 15) is 15.6 Å². The highest BCUT2D eigenvalue weighted by atomic mass is 16.5. The van der Waals surface area contributed by atoms with E-state index in [1.165, 1.54) is 0 Å². The van der Waals surface area contributed by atoms with Crippen LogP contribution in [0.1, 0.15) is 122 Å². The Balaban J connectivity index is 2.08. The third kappa shape index (κ3) is 4.96. The molecule has 0 saturated carbocycles. The van der Waals surface area contributed by atoms with Crippen LogP contribution >= 0.6 is 0 Å². The number of hydrogen-bond donors (Lipinski definition) is 3. The summed E-state index contributed by atoms with van der Waals surface area (Å²) in [6.45, 7) is 25.8. The Hall–Kier alpha value is -0.280. The molecule has 0 spiro atoms. The molecule has 3 aliphatic rings. The summed E-state index contributed by atoms with van der Waals surface area (Å²) in [5, 5.41) is 37.8. The first-order chi connectivity index (χ1) is 15.0. The Morgan fingerprint density at radius 2 is 0.559 bits per heavy atom. The molecule has 7 nitrogen and oxygen atoms in total. The van der Waals surface area contributed by atoms with Crippen molar-refractivity contribution in [3.63, 3.8) is 0 Å². The summed E-state index contributed by atoms with van der Waals surface area (Å²) in [6.07, 6.45) is 5.29. The van der Waals surface area contributed by atoms with Crippen LogP contribution in [0, 0.1) is 0 Å². The van der Waals surface area contributed by atoms with Gasteiger partial charge in [0.1, 0.15) is 0 Å². The van der Waals surface area contributed by atoms with Crippen LogP contribution in [0.15, 0.2) is 0 Å². The second-order valence-electron chi connectivity index (χ2n) is 15.4. The molecule has 3 N–H and O–H groups in total. The standard InChI is InChI=1S/C27H54N4O3/c1-22(2)13-19(14-23(3,4)29(22)32)28(20-15-24(5,6)30(33)25(7,8)16-20)21-17-26(9,10)31(34)27(11,12)18-21/h19-21,32-34H,13-18H2,1-12H3. The number of piperidine rings is 3. The van der Waals surface area contributed by atoms with Crippen molar-refractivity contribution in [1.29, 1.82) is 0 Å². The lowest BCUT2D eigenvalue weighted by atomic mass is 9.71. The van der Waals surface area contributed by atoms with E-state index in [1.54, 1.807) is 15.2 Å². The van der Waals surface area contributed by atoms with Crippen molar-refractivity contribution in [2.75, 3.05) is 0 Å². The lowest BCUT2D eigenvalue weighted by molar-refractivity contribution is -0.281. The van der Waals surface area contributed by atoms with Gasteiger partial charge in [-0.05, 0) is 122 Å². The Morgan fingerprint density at radius 1 is 0.412 bits per heavy atom. The number of nitrogens with zero attached hydrogens (tertiary/aromatic N) is 4. The zero-order valence-electron chi connectivity index (χ0n) is 24.1. The van der Waals surface area contributed by atoms with Crippen LogP contribution in [0.3, 0.4) is 0 Å². The average molecular weight is 483 g/mol. The Kier molecular flexibility index (Phi) is 6.96. The van der Waals surface area contributed by atoms with Gasteiger partial charge in [-0.15, -0.1) is 0 Å². The van der Waals surface area contributed by atoms with E-state index in [2.05, 4.69) is 88.0 Å². The quantitative estimate of drug-likeness (QED) is 0.489. The Bertz CT molecular complexity index is 607. The molecule has 34 heavy (non-hydrogen) atoms. The number of hydroxylamine groups is 6. The summed E-state index contributed by atoms with van der Waals surface area (Å²) >= 11 is 0. The van der Waals surface area contributed by atoms with E-state index in [0.29, 0.717) is 18.1 Å². The highest BCUT2D eigenvalue weighted by Gasteiger charge is 2.55.